The Hall–Kier alpha value is -1.32. The van der Waals surface area contributed by atoms with Gasteiger partial charge in [-0.25, -0.2) is 0 Å². The van der Waals surface area contributed by atoms with Gasteiger partial charge in [-0.3, -0.25) is 0 Å². The van der Waals surface area contributed by atoms with E-state index in [0.717, 1.165) is 34.6 Å². The summed E-state index contributed by atoms with van der Waals surface area (Å²) in [6.45, 7) is 8.16. The standard InChI is InChI=1S/C17H20BrNO/c1-4-19-11-14-6-8-16(9-13(14)3)20-17-10-15(18)7-5-12(17)2/h5-10,19H,4,11H2,1-3H3. The highest BCUT2D eigenvalue weighted by Crippen LogP contribution is 2.29. The number of aryl methyl sites for hydroxylation is 2. The van der Waals surface area contributed by atoms with Crippen molar-refractivity contribution in [1.29, 1.82) is 0 Å². The summed E-state index contributed by atoms with van der Waals surface area (Å²) in [4.78, 5) is 0. The van der Waals surface area contributed by atoms with E-state index < -0.39 is 0 Å². The van der Waals surface area contributed by atoms with Gasteiger partial charge in [0, 0.05) is 11.0 Å². The molecule has 0 saturated carbocycles. The highest BCUT2D eigenvalue weighted by atomic mass is 79.9. The quantitative estimate of drug-likeness (QED) is 0.834. The third kappa shape index (κ3) is 3.84. The lowest BCUT2D eigenvalue weighted by Crippen LogP contribution is -2.12. The zero-order valence-corrected chi connectivity index (χ0v) is 13.8. The van der Waals surface area contributed by atoms with Gasteiger partial charge in [0.1, 0.15) is 11.5 Å². The highest BCUT2D eigenvalue weighted by Gasteiger charge is 2.05. The number of ether oxygens (including phenoxy) is 1. The Bertz CT molecular complexity index is 596. The van der Waals surface area contributed by atoms with Gasteiger partial charge in [-0.05, 0) is 61.3 Å². The van der Waals surface area contributed by atoms with Crippen molar-refractivity contribution in [2.75, 3.05) is 6.54 Å². The van der Waals surface area contributed by atoms with Crippen LogP contribution in [0.4, 0.5) is 0 Å². The second kappa shape index (κ2) is 6.91. The molecule has 0 aromatic heterocycles. The minimum absolute atomic E-state index is 0.879. The minimum Gasteiger partial charge on any atom is -0.457 e. The molecule has 0 aliphatic carbocycles. The summed E-state index contributed by atoms with van der Waals surface area (Å²) in [5.74, 6) is 1.77. The first-order valence-electron chi connectivity index (χ1n) is 6.84. The van der Waals surface area contributed by atoms with Crippen LogP contribution in [0, 0.1) is 13.8 Å². The van der Waals surface area contributed by atoms with E-state index in [1.54, 1.807) is 0 Å². The number of rotatable bonds is 5. The average Bonchev–Trinajstić information content (AvgIpc) is 2.42. The topological polar surface area (TPSA) is 21.3 Å². The van der Waals surface area contributed by atoms with Crippen LogP contribution >= 0.6 is 15.9 Å². The van der Waals surface area contributed by atoms with E-state index >= 15 is 0 Å². The lowest BCUT2D eigenvalue weighted by Gasteiger charge is -2.12. The highest BCUT2D eigenvalue weighted by molar-refractivity contribution is 9.10. The number of hydrogen-bond donors (Lipinski definition) is 1. The van der Waals surface area contributed by atoms with Crippen LogP contribution in [0.25, 0.3) is 0 Å². The predicted octanol–water partition coefficient (Wildman–Crippen LogP) is 4.97. The zero-order valence-electron chi connectivity index (χ0n) is 12.2. The number of hydrogen-bond acceptors (Lipinski definition) is 2. The average molecular weight is 334 g/mol. The zero-order chi connectivity index (χ0) is 14.5. The van der Waals surface area contributed by atoms with Crippen molar-refractivity contribution >= 4 is 15.9 Å². The molecule has 0 atom stereocenters. The molecule has 2 aromatic carbocycles. The largest absolute Gasteiger partial charge is 0.457 e. The molecule has 0 fully saturated rings. The molecule has 0 radical (unpaired) electrons. The molecule has 0 bridgehead atoms. The molecule has 2 rings (SSSR count). The van der Waals surface area contributed by atoms with E-state index in [1.165, 1.54) is 11.1 Å². The fourth-order valence-electron chi connectivity index (χ4n) is 2.00. The molecule has 20 heavy (non-hydrogen) atoms. The van der Waals surface area contributed by atoms with Gasteiger partial charge in [0.25, 0.3) is 0 Å². The smallest absolute Gasteiger partial charge is 0.131 e. The number of nitrogens with one attached hydrogen (secondary N) is 1. The summed E-state index contributed by atoms with van der Waals surface area (Å²) in [6, 6.07) is 12.3. The first-order chi connectivity index (χ1) is 9.60. The maximum absolute atomic E-state index is 5.98. The molecule has 3 heteroatoms. The van der Waals surface area contributed by atoms with Crippen LogP contribution in [0.1, 0.15) is 23.6 Å². The second-order valence-electron chi connectivity index (χ2n) is 4.88. The van der Waals surface area contributed by atoms with Gasteiger partial charge in [-0.1, -0.05) is 35.0 Å². The Balaban J connectivity index is 2.17. The number of benzene rings is 2. The maximum Gasteiger partial charge on any atom is 0.131 e. The summed E-state index contributed by atoms with van der Waals surface area (Å²) in [7, 11) is 0. The van der Waals surface area contributed by atoms with Crippen molar-refractivity contribution in [3.63, 3.8) is 0 Å². The normalized spacial score (nSPS) is 10.6. The van der Waals surface area contributed by atoms with Crippen LogP contribution in [0.5, 0.6) is 11.5 Å². The first-order valence-corrected chi connectivity index (χ1v) is 7.63. The summed E-state index contributed by atoms with van der Waals surface area (Å²) >= 11 is 3.48. The molecule has 106 valence electrons. The van der Waals surface area contributed by atoms with Gasteiger partial charge < -0.3 is 10.1 Å². The van der Waals surface area contributed by atoms with Crippen LogP contribution < -0.4 is 10.1 Å². The minimum atomic E-state index is 0.879. The van der Waals surface area contributed by atoms with Gasteiger partial charge in [-0.2, -0.15) is 0 Å². The lowest BCUT2D eigenvalue weighted by atomic mass is 10.1. The Morgan fingerprint density at radius 1 is 1.05 bits per heavy atom. The third-order valence-electron chi connectivity index (χ3n) is 3.26. The van der Waals surface area contributed by atoms with Crippen molar-refractivity contribution in [3.8, 4) is 11.5 Å². The Kier molecular flexibility index (Phi) is 5.21. The van der Waals surface area contributed by atoms with Crippen molar-refractivity contribution in [2.45, 2.75) is 27.3 Å². The van der Waals surface area contributed by atoms with E-state index in [-0.39, 0.29) is 0 Å². The predicted molar refractivity (Wildman–Crippen MR) is 87.5 cm³/mol. The molecule has 0 unspecified atom stereocenters. The van der Waals surface area contributed by atoms with Crippen molar-refractivity contribution < 1.29 is 4.74 Å². The summed E-state index contributed by atoms with van der Waals surface area (Å²) < 4.78 is 7.01. The molecule has 2 nitrogen and oxygen atoms in total. The Morgan fingerprint density at radius 2 is 1.85 bits per heavy atom. The maximum atomic E-state index is 5.98. The summed E-state index contributed by atoms with van der Waals surface area (Å²) in [5.41, 5.74) is 3.68. The van der Waals surface area contributed by atoms with Crippen LogP contribution in [-0.4, -0.2) is 6.54 Å². The molecule has 0 amide bonds. The first kappa shape index (κ1) is 15.1. The van der Waals surface area contributed by atoms with Gasteiger partial charge in [0.15, 0.2) is 0 Å². The molecular weight excluding hydrogens is 314 g/mol. The third-order valence-corrected chi connectivity index (χ3v) is 3.75. The van der Waals surface area contributed by atoms with Crippen LogP contribution in [-0.2, 0) is 6.54 Å². The van der Waals surface area contributed by atoms with Gasteiger partial charge in [-0.15, -0.1) is 0 Å². The fraction of sp³-hybridized carbons (Fsp3) is 0.294. The lowest BCUT2D eigenvalue weighted by molar-refractivity contribution is 0.478. The van der Waals surface area contributed by atoms with Crippen molar-refractivity contribution in [2.24, 2.45) is 0 Å². The van der Waals surface area contributed by atoms with E-state index in [9.17, 15) is 0 Å². The van der Waals surface area contributed by atoms with E-state index in [4.69, 9.17) is 4.74 Å². The van der Waals surface area contributed by atoms with E-state index in [2.05, 4.69) is 47.2 Å². The second-order valence-corrected chi connectivity index (χ2v) is 5.80. The molecule has 0 saturated heterocycles. The van der Waals surface area contributed by atoms with Crippen molar-refractivity contribution in [1.82, 2.24) is 5.32 Å². The molecule has 2 aromatic rings. The molecular formula is C17H20BrNO. The van der Waals surface area contributed by atoms with E-state index in [1.807, 2.05) is 31.2 Å². The molecule has 0 heterocycles. The molecule has 1 N–H and O–H groups in total. The summed E-state index contributed by atoms with van der Waals surface area (Å²) in [6.07, 6.45) is 0. The fourth-order valence-corrected chi connectivity index (χ4v) is 2.34. The monoisotopic (exact) mass is 333 g/mol. The number of halogens is 1. The van der Waals surface area contributed by atoms with Gasteiger partial charge >= 0.3 is 0 Å². The SMILES string of the molecule is CCNCc1ccc(Oc2cc(Br)ccc2C)cc1C. The van der Waals surface area contributed by atoms with Crippen molar-refractivity contribution in [3.05, 3.63) is 57.6 Å². The molecule has 0 aliphatic rings. The van der Waals surface area contributed by atoms with Gasteiger partial charge in [0.05, 0.1) is 0 Å². The van der Waals surface area contributed by atoms with Crippen LogP contribution in [0.3, 0.4) is 0 Å². The van der Waals surface area contributed by atoms with Gasteiger partial charge in [0.2, 0.25) is 0 Å². The van der Waals surface area contributed by atoms with Crippen LogP contribution in [0.15, 0.2) is 40.9 Å². The Morgan fingerprint density at radius 3 is 2.55 bits per heavy atom. The molecule has 0 spiro atoms. The van der Waals surface area contributed by atoms with Crippen LogP contribution in [0.2, 0.25) is 0 Å². The molecule has 0 aliphatic heterocycles. The van der Waals surface area contributed by atoms with E-state index in [0.29, 0.717) is 0 Å². The summed E-state index contributed by atoms with van der Waals surface area (Å²) in [5, 5.41) is 3.34. The Labute approximate surface area is 129 Å².